The lowest BCUT2D eigenvalue weighted by atomic mass is 9.83. The summed E-state index contributed by atoms with van der Waals surface area (Å²) in [4.78, 5) is 36.6. The minimum absolute atomic E-state index is 0.0688. The quantitative estimate of drug-likeness (QED) is 0.248. The fourth-order valence-corrected chi connectivity index (χ4v) is 2.79. The third kappa shape index (κ3) is 5.84. The molecular weight excluding hydrogens is 352 g/mol. The first-order valence-electron chi connectivity index (χ1n) is 9.23. The molecule has 1 unspecified atom stereocenters. The molecule has 1 atom stereocenters. The summed E-state index contributed by atoms with van der Waals surface area (Å²) in [5, 5.41) is 0. The van der Waals surface area contributed by atoms with Gasteiger partial charge >= 0.3 is 17.9 Å². The maximum absolute atomic E-state index is 12.8. The lowest BCUT2D eigenvalue weighted by Gasteiger charge is -2.29. The minimum atomic E-state index is -1.49. The number of carbonyl (C=O) groups excluding carboxylic acids is 3. The van der Waals surface area contributed by atoms with Crippen molar-refractivity contribution in [2.45, 2.75) is 59.5 Å². The second kappa shape index (κ2) is 10.1. The van der Waals surface area contributed by atoms with Gasteiger partial charge in [0.05, 0.1) is 26.1 Å². The Kier molecular flexibility index (Phi) is 8.53. The average molecular weight is 382 g/mol. The van der Waals surface area contributed by atoms with Crippen LogP contribution in [0.3, 0.4) is 0 Å². The van der Waals surface area contributed by atoms with E-state index in [9.17, 15) is 14.4 Å². The SMILES string of the molecule is CCOC(=O)C1(CCC(C)C)OC(=O)C(O/C=C/C(=O)OC)=C1CC(C)C. The summed E-state index contributed by atoms with van der Waals surface area (Å²) in [5.41, 5.74) is -1.04. The zero-order valence-electron chi connectivity index (χ0n) is 17.0. The molecule has 0 fully saturated rings. The van der Waals surface area contributed by atoms with Crippen LogP contribution in [0, 0.1) is 11.8 Å². The van der Waals surface area contributed by atoms with E-state index in [4.69, 9.17) is 14.2 Å². The summed E-state index contributed by atoms with van der Waals surface area (Å²) >= 11 is 0. The van der Waals surface area contributed by atoms with Gasteiger partial charge in [-0.1, -0.05) is 27.7 Å². The van der Waals surface area contributed by atoms with Gasteiger partial charge in [0.1, 0.15) is 0 Å². The maximum atomic E-state index is 12.8. The van der Waals surface area contributed by atoms with Crippen LogP contribution in [0.25, 0.3) is 0 Å². The van der Waals surface area contributed by atoms with E-state index in [1.807, 2.05) is 27.7 Å². The summed E-state index contributed by atoms with van der Waals surface area (Å²) in [7, 11) is 1.23. The lowest BCUT2D eigenvalue weighted by molar-refractivity contribution is -0.174. The van der Waals surface area contributed by atoms with Crippen molar-refractivity contribution >= 4 is 17.9 Å². The molecular formula is C20H30O7. The Morgan fingerprint density at radius 2 is 1.85 bits per heavy atom. The van der Waals surface area contributed by atoms with Crippen molar-refractivity contribution in [3.8, 4) is 0 Å². The van der Waals surface area contributed by atoms with Gasteiger partial charge in [-0.3, -0.25) is 0 Å². The van der Waals surface area contributed by atoms with E-state index in [1.165, 1.54) is 7.11 Å². The van der Waals surface area contributed by atoms with Gasteiger partial charge in [-0.2, -0.15) is 0 Å². The molecule has 0 saturated heterocycles. The van der Waals surface area contributed by atoms with Gasteiger partial charge in [0.25, 0.3) is 0 Å². The van der Waals surface area contributed by atoms with Crippen LogP contribution in [0.5, 0.6) is 0 Å². The van der Waals surface area contributed by atoms with Crippen molar-refractivity contribution < 1.29 is 33.3 Å². The first kappa shape index (κ1) is 22.7. The average Bonchev–Trinajstić information content (AvgIpc) is 2.85. The second-order valence-electron chi connectivity index (χ2n) is 7.22. The highest BCUT2D eigenvalue weighted by Crippen LogP contribution is 2.42. The highest BCUT2D eigenvalue weighted by molar-refractivity contribution is 5.99. The van der Waals surface area contributed by atoms with Crippen molar-refractivity contribution in [3.63, 3.8) is 0 Å². The predicted molar refractivity (Wildman–Crippen MR) is 98.3 cm³/mol. The molecule has 1 heterocycles. The van der Waals surface area contributed by atoms with Crippen LogP contribution in [0.1, 0.15) is 53.9 Å². The molecule has 1 aliphatic heterocycles. The number of carbonyl (C=O) groups is 3. The molecule has 0 spiro atoms. The molecule has 1 rings (SSSR count). The third-order valence-electron chi connectivity index (χ3n) is 4.10. The molecule has 0 radical (unpaired) electrons. The van der Waals surface area contributed by atoms with Gasteiger partial charge in [-0.25, -0.2) is 14.4 Å². The highest BCUT2D eigenvalue weighted by atomic mass is 16.6. The zero-order valence-corrected chi connectivity index (χ0v) is 17.0. The Hall–Kier alpha value is -2.31. The molecule has 7 nitrogen and oxygen atoms in total. The summed E-state index contributed by atoms with van der Waals surface area (Å²) < 4.78 is 20.7. The molecule has 152 valence electrons. The zero-order chi connectivity index (χ0) is 20.6. The molecule has 0 aliphatic carbocycles. The molecule has 0 aromatic rings. The molecule has 0 amide bonds. The van der Waals surface area contributed by atoms with Crippen molar-refractivity contribution in [1.82, 2.24) is 0 Å². The van der Waals surface area contributed by atoms with Gasteiger partial charge in [0, 0.05) is 12.0 Å². The number of rotatable bonds is 10. The Morgan fingerprint density at radius 3 is 2.37 bits per heavy atom. The van der Waals surface area contributed by atoms with Crippen molar-refractivity contribution in [2.24, 2.45) is 11.8 Å². The predicted octanol–water partition coefficient (Wildman–Crippen LogP) is 3.28. The largest absolute Gasteiger partial charge is 0.466 e. The Bertz CT molecular complexity index is 616. The minimum Gasteiger partial charge on any atom is -0.466 e. The number of esters is 3. The fraction of sp³-hybridized carbons (Fsp3) is 0.650. The van der Waals surface area contributed by atoms with Crippen molar-refractivity contribution in [1.29, 1.82) is 0 Å². The topological polar surface area (TPSA) is 88.1 Å². The Balaban J connectivity index is 3.36. The second-order valence-corrected chi connectivity index (χ2v) is 7.22. The summed E-state index contributed by atoms with van der Waals surface area (Å²) in [6, 6.07) is 0. The summed E-state index contributed by atoms with van der Waals surface area (Å²) in [5.74, 6) is -1.57. The summed E-state index contributed by atoms with van der Waals surface area (Å²) in [6.07, 6.45) is 3.51. The van der Waals surface area contributed by atoms with E-state index in [0.29, 0.717) is 30.8 Å². The molecule has 0 saturated carbocycles. The molecule has 27 heavy (non-hydrogen) atoms. The third-order valence-corrected chi connectivity index (χ3v) is 4.10. The van der Waals surface area contributed by atoms with Crippen LogP contribution in [0.15, 0.2) is 23.7 Å². The van der Waals surface area contributed by atoms with Gasteiger partial charge in [0.15, 0.2) is 0 Å². The monoisotopic (exact) mass is 382 g/mol. The van der Waals surface area contributed by atoms with Crippen molar-refractivity contribution in [3.05, 3.63) is 23.7 Å². The summed E-state index contributed by atoms with van der Waals surface area (Å²) in [6.45, 7) is 9.86. The van der Waals surface area contributed by atoms with E-state index < -0.39 is 23.5 Å². The lowest BCUT2D eigenvalue weighted by Crippen LogP contribution is -2.43. The maximum Gasteiger partial charge on any atom is 0.375 e. The standard InChI is InChI=1S/C20H30O7/c1-7-25-19(23)20(10-8-13(2)3)15(12-14(4)5)17(18(22)27-20)26-11-9-16(21)24-6/h9,11,13-14H,7-8,10,12H2,1-6H3/b11-9+. The molecule has 0 N–H and O–H groups in total. The van der Waals surface area contributed by atoms with Crippen molar-refractivity contribution in [2.75, 3.05) is 13.7 Å². The van der Waals surface area contributed by atoms with Gasteiger partial charge in [-0.05, 0) is 31.6 Å². The van der Waals surface area contributed by atoms with Gasteiger partial charge in [0.2, 0.25) is 11.4 Å². The normalized spacial score (nSPS) is 19.8. The smallest absolute Gasteiger partial charge is 0.375 e. The van der Waals surface area contributed by atoms with Crippen LogP contribution in [-0.4, -0.2) is 37.2 Å². The number of methoxy groups -OCH3 is 1. The van der Waals surface area contributed by atoms with Crippen LogP contribution >= 0.6 is 0 Å². The van der Waals surface area contributed by atoms with Crippen LogP contribution < -0.4 is 0 Å². The van der Waals surface area contributed by atoms with E-state index in [2.05, 4.69) is 4.74 Å². The van der Waals surface area contributed by atoms with Crippen LogP contribution in [0.2, 0.25) is 0 Å². The number of hydrogen-bond acceptors (Lipinski definition) is 7. The first-order valence-corrected chi connectivity index (χ1v) is 9.23. The van der Waals surface area contributed by atoms with E-state index in [-0.39, 0.29) is 18.3 Å². The van der Waals surface area contributed by atoms with Gasteiger partial charge in [-0.15, -0.1) is 0 Å². The van der Waals surface area contributed by atoms with E-state index in [1.54, 1.807) is 6.92 Å². The highest BCUT2D eigenvalue weighted by Gasteiger charge is 2.55. The van der Waals surface area contributed by atoms with Crippen LogP contribution in [-0.2, 0) is 33.3 Å². The fourth-order valence-electron chi connectivity index (χ4n) is 2.79. The van der Waals surface area contributed by atoms with Crippen LogP contribution in [0.4, 0.5) is 0 Å². The Morgan fingerprint density at radius 1 is 1.19 bits per heavy atom. The number of ether oxygens (including phenoxy) is 4. The molecule has 0 aromatic carbocycles. The Labute approximate surface area is 160 Å². The number of hydrogen-bond donors (Lipinski definition) is 0. The van der Waals surface area contributed by atoms with E-state index >= 15 is 0 Å². The molecule has 0 aromatic heterocycles. The van der Waals surface area contributed by atoms with E-state index in [0.717, 1.165) is 12.3 Å². The number of cyclic esters (lactones) is 1. The molecule has 1 aliphatic rings. The molecule has 7 heteroatoms. The molecule has 0 bridgehead atoms. The first-order chi connectivity index (χ1) is 12.7. The van der Waals surface area contributed by atoms with Gasteiger partial charge < -0.3 is 18.9 Å².